The lowest BCUT2D eigenvalue weighted by molar-refractivity contribution is -0.143. The maximum absolute atomic E-state index is 15.3. The Hall–Kier alpha value is -4.81. The van der Waals surface area contributed by atoms with E-state index in [1.165, 1.54) is 44.2 Å². The lowest BCUT2D eigenvalue weighted by Gasteiger charge is -2.21. The van der Waals surface area contributed by atoms with Crippen LogP contribution in [0.2, 0.25) is 5.02 Å². The van der Waals surface area contributed by atoms with Gasteiger partial charge in [-0.15, -0.1) is 0 Å². The molecule has 2 heterocycles. The molecule has 52 heavy (non-hydrogen) atoms. The number of Topliss-reactive ketones (excluding diaryl/α,β-unsaturated/α-hetero) is 1. The Morgan fingerprint density at radius 3 is 2.37 bits per heavy atom. The fraction of sp³-hybridized carbons (Fsp3) is 0.333. The van der Waals surface area contributed by atoms with Gasteiger partial charge in [-0.1, -0.05) is 23.6 Å². The maximum Gasteiger partial charge on any atom is 0.435 e. The van der Waals surface area contributed by atoms with Crippen LogP contribution in [-0.4, -0.2) is 37.2 Å². The van der Waals surface area contributed by atoms with Crippen molar-refractivity contribution in [2.45, 2.75) is 68.9 Å². The first-order chi connectivity index (χ1) is 24.1. The number of aromatic nitrogens is 3. The summed E-state index contributed by atoms with van der Waals surface area (Å²) in [5, 5.41) is 13.4. The van der Waals surface area contributed by atoms with Gasteiger partial charge in [-0.2, -0.15) is 27.1 Å². The van der Waals surface area contributed by atoms with Crippen LogP contribution in [0.4, 0.5) is 35.1 Å². The normalized spacial score (nSPS) is 19.3. The number of amides is 1. The zero-order valence-corrected chi connectivity index (χ0v) is 27.9. The predicted molar refractivity (Wildman–Crippen MR) is 171 cm³/mol. The summed E-state index contributed by atoms with van der Waals surface area (Å²) in [5.74, 6) is -5.75. The largest absolute Gasteiger partial charge is 0.435 e. The number of hydrogen-bond donors (Lipinski definition) is 2. The van der Waals surface area contributed by atoms with Crippen LogP contribution in [-0.2, 0) is 35.5 Å². The third kappa shape index (κ3) is 7.01. The molecule has 1 saturated carbocycles. The first-order valence-corrected chi connectivity index (χ1v) is 16.0. The summed E-state index contributed by atoms with van der Waals surface area (Å²) in [6.45, 7) is 1.68. The number of halogens is 9. The van der Waals surface area contributed by atoms with E-state index in [0.717, 1.165) is 12.1 Å². The van der Waals surface area contributed by atoms with Gasteiger partial charge in [0.1, 0.15) is 40.8 Å². The average molecular weight is 751 g/mol. The Labute approximate surface area is 295 Å². The van der Waals surface area contributed by atoms with Crippen LogP contribution in [0.3, 0.4) is 0 Å². The number of benzene rings is 2. The quantitative estimate of drug-likeness (QED) is 0.137. The molecule has 0 spiro atoms. The molecule has 0 saturated heterocycles. The highest BCUT2D eigenvalue weighted by molar-refractivity contribution is 6.33. The molecule has 0 bridgehead atoms. The molecule has 16 heteroatoms. The van der Waals surface area contributed by atoms with Gasteiger partial charge in [-0.05, 0) is 80.1 Å². The maximum atomic E-state index is 15.3. The van der Waals surface area contributed by atoms with E-state index in [4.69, 9.17) is 17.3 Å². The number of fused-ring (bicyclic) bond motifs is 3. The Morgan fingerprint density at radius 1 is 1.08 bits per heavy atom. The van der Waals surface area contributed by atoms with E-state index in [1.54, 1.807) is 0 Å². The summed E-state index contributed by atoms with van der Waals surface area (Å²) in [4.78, 5) is 30.4. The zero-order valence-electron chi connectivity index (χ0n) is 27.2. The fourth-order valence-electron chi connectivity index (χ4n) is 6.59. The lowest BCUT2D eigenvalue weighted by Crippen LogP contribution is -2.24. The van der Waals surface area contributed by atoms with Crippen LogP contribution >= 0.6 is 11.6 Å². The smallest absolute Gasteiger partial charge is 0.378 e. The zero-order chi connectivity index (χ0) is 38.1. The highest BCUT2D eigenvalue weighted by Crippen LogP contribution is 2.73. The van der Waals surface area contributed by atoms with Crippen LogP contribution < -0.4 is 5.73 Å². The fourth-order valence-corrected chi connectivity index (χ4v) is 6.80. The van der Waals surface area contributed by atoms with Crippen LogP contribution in [0.1, 0.15) is 76.9 Å². The second-order valence-electron chi connectivity index (χ2n) is 13.4. The number of nitrogens with two attached hydrogens (primary N) is 1. The van der Waals surface area contributed by atoms with Gasteiger partial charge in [0, 0.05) is 29.5 Å². The molecular formula is C36H27ClF8N4O3. The van der Waals surface area contributed by atoms with Gasteiger partial charge in [0.25, 0.3) is 5.92 Å². The number of rotatable bonds is 9. The van der Waals surface area contributed by atoms with Crippen molar-refractivity contribution < 1.29 is 49.8 Å². The minimum Gasteiger partial charge on any atom is -0.378 e. The Kier molecular flexibility index (Phi) is 9.03. The summed E-state index contributed by atoms with van der Waals surface area (Å²) in [7, 11) is 0. The van der Waals surface area contributed by atoms with Crippen molar-refractivity contribution in [3.8, 4) is 23.0 Å². The number of aliphatic hydroxyl groups is 1. The van der Waals surface area contributed by atoms with Crippen molar-refractivity contribution >= 4 is 23.3 Å². The highest BCUT2D eigenvalue weighted by Gasteiger charge is 2.78. The highest BCUT2D eigenvalue weighted by atomic mass is 35.5. The summed E-state index contributed by atoms with van der Waals surface area (Å²) < 4.78 is 116. The number of primary amides is 1. The van der Waals surface area contributed by atoms with Crippen LogP contribution in [0, 0.1) is 29.4 Å². The van der Waals surface area contributed by atoms with Crippen molar-refractivity contribution in [2.75, 3.05) is 0 Å². The van der Waals surface area contributed by atoms with Crippen molar-refractivity contribution in [3.63, 3.8) is 0 Å². The summed E-state index contributed by atoms with van der Waals surface area (Å²) in [6.07, 6.45) is -7.12. The molecule has 2 aliphatic carbocycles. The average Bonchev–Trinajstić information content (AvgIpc) is 3.50. The Bertz CT molecular complexity index is 2180. The topological polar surface area (TPSA) is 111 Å². The van der Waals surface area contributed by atoms with E-state index >= 15 is 13.2 Å². The van der Waals surface area contributed by atoms with Gasteiger partial charge in [-0.25, -0.2) is 18.2 Å². The minimum atomic E-state index is -5.30. The van der Waals surface area contributed by atoms with Gasteiger partial charge in [0.2, 0.25) is 5.91 Å². The summed E-state index contributed by atoms with van der Waals surface area (Å²) in [5.41, 5.74) is -2.84. The van der Waals surface area contributed by atoms with Crippen LogP contribution in [0.5, 0.6) is 0 Å². The van der Waals surface area contributed by atoms with E-state index in [1.807, 2.05) is 0 Å². The van der Waals surface area contributed by atoms with E-state index in [2.05, 4.69) is 21.9 Å². The van der Waals surface area contributed by atoms with Gasteiger partial charge < -0.3 is 10.8 Å². The molecule has 272 valence electrons. The van der Waals surface area contributed by atoms with Crippen molar-refractivity contribution in [3.05, 3.63) is 105 Å². The van der Waals surface area contributed by atoms with Gasteiger partial charge in [0.05, 0.1) is 22.2 Å². The number of hydrogen-bond acceptors (Lipinski definition) is 5. The van der Waals surface area contributed by atoms with Crippen molar-refractivity contribution in [1.29, 1.82) is 0 Å². The van der Waals surface area contributed by atoms with Crippen LogP contribution in [0.15, 0.2) is 48.5 Å². The molecule has 2 aliphatic rings. The third-order valence-corrected chi connectivity index (χ3v) is 9.17. The van der Waals surface area contributed by atoms with Gasteiger partial charge in [0.15, 0.2) is 11.5 Å². The predicted octanol–water partition coefficient (Wildman–Crippen LogP) is 7.39. The second-order valence-corrected chi connectivity index (χ2v) is 13.8. The second kappa shape index (κ2) is 12.7. The molecule has 1 amide bonds. The molecule has 1 fully saturated rings. The molecule has 0 aliphatic heterocycles. The standard InChI is InChI=1S/C36H27ClF8N4O3/c1-33(2,52)8-7-22-4-5-24(18-3-6-26(37)25(13-18)32(46)51)29(47-22)19(9-17-10-20(38)14-21(39)11-17)12-23(50)16-49-31-28(30(48-49)36(43,44)45)34(40)15-27(34)35(31,41)42/h3-6,10-11,13-14,19,27,52H,9,12,15-16H2,1-2H3,(H2,46,51)/t19-,27-,34-/m1/s1. The van der Waals surface area contributed by atoms with Gasteiger partial charge in [-0.3, -0.25) is 14.3 Å². The molecule has 7 nitrogen and oxygen atoms in total. The SMILES string of the molecule is CC(C)(O)C#Cc1ccc(-c2ccc(Cl)c(C(N)=O)c2)c([C@@H](CC(=O)Cn2nc(C(F)(F)F)c3c2C(F)(F)[C@@H]2C[C@]32F)Cc2cc(F)cc(F)c2)n1. The number of ketones is 1. The number of nitrogens with zero attached hydrogens (tertiary/aromatic N) is 3. The van der Waals surface area contributed by atoms with E-state index < -0.39 is 94.9 Å². The molecular weight excluding hydrogens is 724 g/mol. The molecule has 0 unspecified atom stereocenters. The van der Waals surface area contributed by atoms with Crippen molar-refractivity contribution in [2.24, 2.45) is 11.7 Å². The van der Waals surface area contributed by atoms with Crippen LogP contribution in [0.25, 0.3) is 11.1 Å². The van der Waals surface area contributed by atoms with Crippen molar-refractivity contribution in [1.82, 2.24) is 14.8 Å². The molecule has 2 aromatic carbocycles. The van der Waals surface area contributed by atoms with Gasteiger partial charge >= 0.3 is 6.18 Å². The molecule has 2 aromatic heterocycles. The van der Waals surface area contributed by atoms with E-state index in [-0.39, 0.29) is 49.8 Å². The Balaban J connectivity index is 1.47. The number of alkyl halides is 6. The molecule has 6 rings (SSSR count). The number of pyridine rings is 1. The monoisotopic (exact) mass is 750 g/mol. The molecule has 0 radical (unpaired) electrons. The summed E-state index contributed by atoms with van der Waals surface area (Å²) in [6, 6.07) is 9.71. The lowest BCUT2D eigenvalue weighted by atomic mass is 9.86. The minimum absolute atomic E-state index is 0.00913. The van der Waals surface area contributed by atoms with E-state index in [0.29, 0.717) is 6.07 Å². The Morgan fingerprint density at radius 2 is 1.75 bits per heavy atom. The third-order valence-electron chi connectivity index (χ3n) is 8.84. The first kappa shape index (κ1) is 37.0. The number of carbonyl (C=O) groups is 2. The number of carbonyl (C=O) groups excluding carboxylic acids is 2. The molecule has 3 N–H and O–H groups in total. The van der Waals surface area contributed by atoms with E-state index in [9.17, 15) is 36.6 Å². The molecule has 3 atom stereocenters. The molecule has 4 aromatic rings. The summed E-state index contributed by atoms with van der Waals surface area (Å²) >= 11 is 6.15. The first-order valence-electron chi connectivity index (χ1n) is 15.7.